The fourth-order valence-electron chi connectivity index (χ4n) is 1.15. The van der Waals surface area contributed by atoms with Gasteiger partial charge >= 0.3 is 6.01 Å². The summed E-state index contributed by atoms with van der Waals surface area (Å²) in [6.45, 7) is 0. The second kappa shape index (κ2) is 4.28. The monoisotopic (exact) mass is 212 g/mol. The van der Waals surface area contributed by atoms with E-state index in [0.717, 1.165) is 0 Å². The lowest BCUT2D eigenvalue weighted by atomic mass is 10.2. The zero-order valence-corrected chi connectivity index (χ0v) is 8.29. The lowest BCUT2D eigenvalue weighted by Gasteiger charge is -2.05. The van der Waals surface area contributed by atoms with Crippen molar-refractivity contribution >= 4 is 5.69 Å². The number of benzene rings is 1. The van der Waals surface area contributed by atoms with E-state index in [9.17, 15) is 0 Å². The Morgan fingerprint density at radius 1 is 1.25 bits per heavy atom. The summed E-state index contributed by atoms with van der Waals surface area (Å²) in [5, 5.41) is 8.67. The molecule has 2 N–H and O–H groups in total. The Morgan fingerprint density at radius 2 is 2.00 bits per heavy atom. The molecule has 0 amide bonds. The largest absolute Gasteiger partial charge is 0.422 e. The Morgan fingerprint density at radius 3 is 2.62 bits per heavy atom. The molecule has 0 bridgehead atoms. The Kier molecular flexibility index (Phi) is 2.65. The summed E-state index contributed by atoms with van der Waals surface area (Å²) in [4.78, 5) is 7.81. The molecule has 5 heteroatoms. The highest BCUT2D eigenvalue weighted by Gasteiger charge is 2.04. The number of anilines is 1. The molecule has 5 nitrogen and oxygen atoms in total. The molecule has 1 aromatic carbocycles. The molecule has 2 aromatic rings. The van der Waals surface area contributed by atoms with Gasteiger partial charge in [-0.3, -0.25) is 0 Å². The van der Waals surface area contributed by atoms with Crippen LogP contribution in [-0.2, 0) is 0 Å². The van der Waals surface area contributed by atoms with Crippen molar-refractivity contribution in [3.05, 3.63) is 42.2 Å². The molecule has 1 heterocycles. The summed E-state index contributed by atoms with van der Waals surface area (Å²) in [7, 11) is 0. The van der Waals surface area contributed by atoms with Crippen molar-refractivity contribution < 1.29 is 4.74 Å². The molecule has 0 fully saturated rings. The molecule has 0 saturated heterocycles. The van der Waals surface area contributed by atoms with Gasteiger partial charge in [-0.15, -0.1) is 0 Å². The maximum atomic E-state index is 8.67. The predicted octanol–water partition coefficient (Wildman–Crippen LogP) is 1.72. The van der Waals surface area contributed by atoms with Gasteiger partial charge in [-0.2, -0.15) is 5.26 Å². The van der Waals surface area contributed by atoms with Crippen LogP contribution in [0.4, 0.5) is 5.69 Å². The fraction of sp³-hybridized carbons (Fsp3) is 0. The number of nitrogens with zero attached hydrogens (tertiary/aromatic N) is 3. The molecular formula is C11H8N4O. The summed E-state index contributed by atoms with van der Waals surface area (Å²) in [5.74, 6) is 0.435. The van der Waals surface area contributed by atoms with Gasteiger partial charge in [0.1, 0.15) is 0 Å². The van der Waals surface area contributed by atoms with Gasteiger partial charge in [-0.25, -0.2) is 9.97 Å². The number of nitrogens with two attached hydrogens (primary N) is 1. The minimum atomic E-state index is 0.221. The van der Waals surface area contributed by atoms with E-state index in [2.05, 4.69) is 9.97 Å². The minimum Gasteiger partial charge on any atom is -0.422 e. The first kappa shape index (κ1) is 9.93. The number of nitriles is 1. The third-order valence-corrected chi connectivity index (χ3v) is 1.88. The minimum absolute atomic E-state index is 0.221. The molecule has 0 unspecified atom stereocenters. The van der Waals surface area contributed by atoms with Crippen LogP contribution in [0, 0.1) is 11.3 Å². The van der Waals surface area contributed by atoms with Crippen LogP contribution in [0.3, 0.4) is 0 Å². The van der Waals surface area contributed by atoms with Crippen molar-refractivity contribution in [3.8, 4) is 17.8 Å². The van der Waals surface area contributed by atoms with E-state index >= 15 is 0 Å². The Hall–Kier alpha value is -2.61. The summed E-state index contributed by atoms with van der Waals surface area (Å²) >= 11 is 0. The van der Waals surface area contributed by atoms with Crippen LogP contribution in [0.15, 0.2) is 36.7 Å². The Labute approximate surface area is 92.1 Å². The highest BCUT2D eigenvalue weighted by atomic mass is 16.5. The molecule has 16 heavy (non-hydrogen) atoms. The van der Waals surface area contributed by atoms with Gasteiger partial charge in [-0.05, 0) is 24.3 Å². The molecule has 0 saturated carbocycles. The maximum Gasteiger partial charge on any atom is 0.321 e. The topological polar surface area (TPSA) is 84.8 Å². The molecule has 0 atom stereocenters. The third-order valence-electron chi connectivity index (χ3n) is 1.88. The molecule has 0 spiro atoms. The fourth-order valence-corrected chi connectivity index (χ4v) is 1.15. The van der Waals surface area contributed by atoms with Gasteiger partial charge < -0.3 is 10.5 Å². The van der Waals surface area contributed by atoms with Crippen LogP contribution in [0.1, 0.15) is 5.56 Å². The Bertz CT molecular complexity index is 533. The Balaban J connectivity index is 2.27. The summed E-state index contributed by atoms with van der Waals surface area (Å²) in [6.07, 6.45) is 3.14. The van der Waals surface area contributed by atoms with Gasteiger partial charge in [0.15, 0.2) is 5.75 Å². The van der Waals surface area contributed by atoms with Gasteiger partial charge in [0.05, 0.1) is 17.3 Å². The number of aromatic nitrogens is 2. The van der Waals surface area contributed by atoms with Crippen molar-refractivity contribution in [2.45, 2.75) is 0 Å². The van der Waals surface area contributed by atoms with E-state index in [1.165, 1.54) is 6.07 Å². The van der Waals surface area contributed by atoms with Gasteiger partial charge in [0.2, 0.25) is 0 Å². The molecule has 0 radical (unpaired) electrons. The van der Waals surface area contributed by atoms with Crippen molar-refractivity contribution in [3.63, 3.8) is 0 Å². The van der Waals surface area contributed by atoms with Crippen LogP contribution in [0.25, 0.3) is 0 Å². The van der Waals surface area contributed by atoms with Crippen molar-refractivity contribution in [1.82, 2.24) is 9.97 Å². The normalized spacial score (nSPS) is 9.44. The van der Waals surface area contributed by atoms with Crippen LogP contribution in [0.2, 0.25) is 0 Å². The van der Waals surface area contributed by atoms with Crippen molar-refractivity contribution in [2.24, 2.45) is 0 Å². The summed E-state index contributed by atoms with van der Waals surface area (Å²) in [6, 6.07) is 8.68. The quantitative estimate of drug-likeness (QED) is 0.766. The summed E-state index contributed by atoms with van der Waals surface area (Å²) < 4.78 is 5.35. The van der Waals surface area contributed by atoms with Crippen LogP contribution >= 0.6 is 0 Å². The molecular weight excluding hydrogens is 204 g/mol. The second-order valence-electron chi connectivity index (χ2n) is 3.00. The van der Waals surface area contributed by atoms with E-state index in [0.29, 0.717) is 17.0 Å². The van der Waals surface area contributed by atoms with Gasteiger partial charge in [0.25, 0.3) is 0 Å². The number of hydrogen-bond acceptors (Lipinski definition) is 5. The molecule has 0 aliphatic rings. The number of hydrogen-bond donors (Lipinski definition) is 1. The second-order valence-corrected chi connectivity index (χ2v) is 3.00. The highest BCUT2D eigenvalue weighted by Crippen LogP contribution is 2.25. The highest BCUT2D eigenvalue weighted by molar-refractivity contribution is 5.57. The average molecular weight is 212 g/mol. The number of nitrogen functional groups attached to an aromatic ring is 1. The maximum absolute atomic E-state index is 8.67. The number of rotatable bonds is 2. The van der Waals surface area contributed by atoms with Crippen molar-refractivity contribution in [1.29, 1.82) is 5.26 Å². The first-order chi connectivity index (χ1) is 7.79. The molecule has 1 aromatic heterocycles. The van der Waals surface area contributed by atoms with Crippen LogP contribution in [0.5, 0.6) is 11.8 Å². The zero-order chi connectivity index (χ0) is 11.4. The van der Waals surface area contributed by atoms with Crippen LogP contribution < -0.4 is 10.5 Å². The summed E-state index contributed by atoms with van der Waals surface area (Å²) in [5.41, 5.74) is 6.58. The smallest absolute Gasteiger partial charge is 0.321 e. The molecule has 2 rings (SSSR count). The third kappa shape index (κ3) is 2.07. The zero-order valence-electron chi connectivity index (χ0n) is 8.29. The standard InChI is InChI=1S/C11H8N4O/c12-7-8-2-3-10(9(13)6-8)16-11-14-4-1-5-15-11/h1-6H,13H2. The predicted molar refractivity (Wildman–Crippen MR) is 57.7 cm³/mol. The number of ether oxygens (including phenoxy) is 1. The first-order valence-corrected chi connectivity index (χ1v) is 4.54. The molecule has 78 valence electrons. The van der Waals surface area contributed by atoms with Crippen LogP contribution in [-0.4, -0.2) is 9.97 Å². The van der Waals surface area contributed by atoms with E-state index in [1.54, 1.807) is 30.6 Å². The SMILES string of the molecule is N#Cc1ccc(Oc2ncccn2)c(N)c1. The first-order valence-electron chi connectivity index (χ1n) is 4.54. The average Bonchev–Trinajstić information content (AvgIpc) is 2.33. The molecule has 0 aliphatic carbocycles. The van der Waals surface area contributed by atoms with E-state index < -0.39 is 0 Å². The van der Waals surface area contributed by atoms with E-state index in [1.807, 2.05) is 6.07 Å². The van der Waals surface area contributed by atoms with E-state index in [-0.39, 0.29) is 6.01 Å². The molecule has 0 aliphatic heterocycles. The van der Waals surface area contributed by atoms with Gasteiger partial charge in [0, 0.05) is 12.4 Å². The van der Waals surface area contributed by atoms with E-state index in [4.69, 9.17) is 15.7 Å². The van der Waals surface area contributed by atoms with Crippen molar-refractivity contribution in [2.75, 3.05) is 5.73 Å². The lowest BCUT2D eigenvalue weighted by molar-refractivity contribution is 0.444. The van der Waals surface area contributed by atoms with Gasteiger partial charge in [-0.1, -0.05) is 0 Å². The lowest BCUT2D eigenvalue weighted by Crippen LogP contribution is -1.95.